The van der Waals surface area contributed by atoms with E-state index < -0.39 is 0 Å². The minimum atomic E-state index is 0.826. The second-order valence-electron chi connectivity index (χ2n) is 3.62. The summed E-state index contributed by atoms with van der Waals surface area (Å²) in [5, 5.41) is 0. The van der Waals surface area contributed by atoms with E-state index in [2.05, 4.69) is 18.8 Å². The maximum absolute atomic E-state index is 5.60. The molecule has 0 aliphatic heterocycles. The van der Waals surface area contributed by atoms with Gasteiger partial charge in [-0.2, -0.15) is 0 Å². The second-order valence-corrected chi connectivity index (χ2v) is 4.00. The maximum Gasteiger partial charge on any atom is 0.0223 e. The largest absolute Gasteiger partial charge is 0.127 e. The predicted molar refractivity (Wildman–Crippen MR) is 65.7 cm³/mol. The summed E-state index contributed by atoms with van der Waals surface area (Å²) in [5.41, 5.74) is 0. The zero-order chi connectivity index (χ0) is 10.5. The van der Waals surface area contributed by atoms with Crippen molar-refractivity contribution in [2.75, 3.05) is 5.88 Å². The number of alkyl halides is 1. The SMILES string of the molecule is CCC#CCCCCCCCCCCl. The fourth-order valence-electron chi connectivity index (χ4n) is 1.41. The number of hydrogen-bond donors (Lipinski definition) is 0. The summed E-state index contributed by atoms with van der Waals surface area (Å²) in [6.07, 6.45) is 11.3. The predicted octanol–water partition coefficient (Wildman–Crippen LogP) is 4.76. The molecular formula is C13H23Cl. The summed E-state index contributed by atoms with van der Waals surface area (Å²) in [4.78, 5) is 0. The average molecular weight is 215 g/mol. The molecule has 0 N–H and O–H groups in total. The third kappa shape index (κ3) is 11.8. The molecule has 0 bridgehead atoms. The molecule has 0 saturated carbocycles. The van der Waals surface area contributed by atoms with E-state index in [1.165, 1.54) is 44.9 Å². The number of hydrogen-bond acceptors (Lipinski definition) is 0. The zero-order valence-corrected chi connectivity index (χ0v) is 10.2. The number of unbranched alkanes of at least 4 members (excludes halogenated alkanes) is 7. The van der Waals surface area contributed by atoms with E-state index >= 15 is 0 Å². The fourth-order valence-corrected chi connectivity index (χ4v) is 1.59. The van der Waals surface area contributed by atoms with Crippen LogP contribution in [0.25, 0.3) is 0 Å². The molecule has 0 aromatic heterocycles. The first kappa shape index (κ1) is 13.8. The molecule has 1 heteroatoms. The fraction of sp³-hybridized carbons (Fsp3) is 0.846. The third-order valence-corrected chi connectivity index (χ3v) is 2.50. The molecule has 0 atom stereocenters. The van der Waals surface area contributed by atoms with Crippen molar-refractivity contribution < 1.29 is 0 Å². The maximum atomic E-state index is 5.60. The van der Waals surface area contributed by atoms with Crippen LogP contribution in [0.1, 0.15) is 64.7 Å². The van der Waals surface area contributed by atoms with Crippen LogP contribution in [0.15, 0.2) is 0 Å². The van der Waals surface area contributed by atoms with Crippen molar-refractivity contribution >= 4 is 11.6 Å². The number of halogens is 1. The zero-order valence-electron chi connectivity index (χ0n) is 9.45. The van der Waals surface area contributed by atoms with Crippen molar-refractivity contribution in [1.82, 2.24) is 0 Å². The van der Waals surface area contributed by atoms with Crippen LogP contribution < -0.4 is 0 Å². The lowest BCUT2D eigenvalue weighted by molar-refractivity contribution is 0.595. The Bertz CT molecular complexity index is 152. The van der Waals surface area contributed by atoms with Crippen molar-refractivity contribution in [1.29, 1.82) is 0 Å². The van der Waals surface area contributed by atoms with Crippen molar-refractivity contribution in [3.63, 3.8) is 0 Å². The molecule has 0 heterocycles. The van der Waals surface area contributed by atoms with Crippen molar-refractivity contribution in [2.45, 2.75) is 64.7 Å². The van der Waals surface area contributed by atoms with Crippen molar-refractivity contribution in [2.24, 2.45) is 0 Å². The van der Waals surface area contributed by atoms with Crippen LogP contribution in [-0.2, 0) is 0 Å². The highest BCUT2D eigenvalue weighted by molar-refractivity contribution is 6.17. The van der Waals surface area contributed by atoms with Crippen LogP contribution in [-0.4, -0.2) is 5.88 Å². The normalized spacial score (nSPS) is 9.57. The van der Waals surface area contributed by atoms with Crippen LogP contribution in [0, 0.1) is 11.8 Å². The summed E-state index contributed by atoms with van der Waals surface area (Å²) in [7, 11) is 0. The third-order valence-electron chi connectivity index (χ3n) is 2.24. The summed E-state index contributed by atoms with van der Waals surface area (Å²) in [5.74, 6) is 7.11. The van der Waals surface area contributed by atoms with Gasteiger partial charge in [-0.3, -0.25) is 0 Å². The monoisotopic (exact) mass is 214 g/mol. The highest BCUT2D eigenvalue weighted by Gasteiger charge is 1.90. The molecule has 0 unspecified atom stereocenters. The standard InChI is InChI=1S/C13H23Cl/c1-2-3-4-5-6-7-8-9-10-11-12-13-14/h2,5-13H2,1H3. The molecule has 0 rings (SSSR count). The van der Waals surface area contributed by atoms with E-state index in [9.17, 15) is 0 Å². The van der Waals surface area contributed by atoms with Gasteiger partial charge in [0.1, 0.15) is 0 Å². The van der Waals surface area contributed by atoms with Gasteiger partial charge in [-0.15, -0.1) is 23.4 Å². The Kier molecular flexibility index (Phi) is 12.7. The molecule has 0 fully saturated rings. The molecule has 0 amide bonds. The van der Waals surface area contributed by atoms with Gasteiger partial charge in [-0.1, -0.05) is 39.0 Å². The second kappa shape index (κ2) is 12.8. The quantitative estimate of drug-likeness (QED) is 0.311. The Morgan fingerprint density at radius 3 is 1.93 bits per heavy atom. The Morgan fingerprint density at radius 2 is 1.36 bits per heavy atom. The molecule has 0 aliphatic rings. The molecule has 0 radical (unpaired) electrons. The molecule has 0 aromatic rings. The van der Waals surface area contributed by atoms with Gasteiger partial charge in [0.25, 0.3) is 0 Å². The summed E-state index contributed by atoms with van der Waals surface area (Å²) in [6, 6.07) is 0. The lowest BCUT2D eigenvalue weighted by atomic mass is 10.1. The molecule has 0 saturated heterocycles. The summed E-state index contributed by atoms with van der Waals surface area (Å²) in [6.45, 7) is 2.10. The molecule has 0 spiro atoms. The van der Waals surface area contributed by atoms with Gasteiger partial charge >= 0.3 is 0 Å². The highest BCUT2D eigenvalue weighted by Crippen LogP contribution is 2.08. The summed E-state index contributed by atoms with van der Waals surface area (Å²) >= 11 is 5.60. The van der Waals surface area contributed by atoms with Gasteiger partial charge in [-0.05, 0) is 12.8 Å². The van der Waals surface area contributed by atoms with Gasteiger partial charge < -0.3 is 0 Å². The average Bonchev–Trinajstić information content (AvgIpc) is 2.21. The van der Waals surface area contributed by atoms with E-state index in [1.807, 2.05) is 0 Å². The Hall–Kier alpha value is -0.150. The Balaban J connectivity index is 2.92. The molecule has 0 nitrogen and oxygen atoms in total. The first-order valence-electron chi connectivity index (χ1n) is 5.93. The minimum absolute atomic E-state index is 0.826. The van der Waals surface area contributed by atoms with E-state index in [4.69, 9.17) is 11.6 Å². The van der Waals surface area contributed by atoms with Crippen LogP contribution in [0.2, 0.25) is 0 Å². The van der Waals surface area contributed by atoms with Crippen LogP contribution in [0.4, 0.5) is 0 Å². The Labute approximate surface area is 94.4 Å². The van der Waals surface area contributed by atoms with E-state index in [0.717, 1.165) is 18.7 Å². The van der Waals surface area contributed by atoms with Crippen molar-refractivity contribution in [3.05, 3.63) is 0 Å². The Morgan fingerprint density at radius 1 is 0.786 bits per heavy atom. The summed E-state index contributed by atoms with van der Waals surface area (Å²) < 4.78 is 0. The van der Waals surface area contributed by atoms with E-state index in [-0.39, 0.29) is 0 Å². The molecule has 82 valence electrons. The van der Waals surface area contributed by atoms with Gasteiger partial charge in [0.15, 0.2) is 0 Å². The van der Waals surface area contributed by atoms with Crippen LogP contribution in [0.5, 0.6) is 0 Å². The topological polar surface area (TPSA) is 0 Å². The highest BCUT2D eigenvalue weighted by atomic mass is 35.5. The van der Waals surface area contributed by atoms with Gasteiger partial charge in [0.2, 0.25) is 0 Å². The van der Waals surface area contributed by atoms with Gasteiger partial charge in [-0.25, -0.2) is 0 Å². The first-order valence-corrected chi connectivity index (χ1v) is 6.47. The smallest absolute Gasteiger partial charge is 0.0223 e. The first-order chi connectivity index (χ1) is 6.91. The lowest BCUT2D eigenvalue weighted by Crippen LogP contribution is -1.81. The van der Waals surface area contributed by atoms with Crippen molar-refractivity contribution in [3.8, 4) is 11.8 Å². The molecule has 0 aromatic carbocycles. The van der Waals surface area contributed by atoms with Gasteiger partial charge in [0.05, 0.1) is 0 Å². The lowest BCUT2D eigenvalue weighted by Gasteiger charge is -1.98. The molecule has 0 aliphatic carbocycles. The van der Waals surface area contributed by atoms with Crippen LogP contribution in [0.3, 0.4) is 0 Å². The van der Waals surface area contributed by atoms with Crippen LogP contribution >= 0.6 is 11.6 Å². The van der Waals surface area contributed by atoms with Gasteiger partial charge in [0, 0.05) is 18.7 Å². The number of rotatable bonds is 8. The molecular weight excluding hydrogens is 192 g/mol. The minimum Gasteiger partial charge on any atom is -0.127 e. The van der Waals surface area contributed by atoms with E-state index in [0.29, 0.717) is 0 Å². The molecule has 14 heavy (non-hydrogen) atoms. The van der Waals surface area contributed by atoms with E-state index in [1.54, 1.807) is 0 Å².